The number of benzene rings is 1. The van der Waals surface area contributed by atoms with Crippen molar-refractivity contribution >= 4 is 34.8 Å². The summed E-state index contributed by atoms with van der Waals surface area (Å²) < 4.78 is 0. The van der Waals surface area contributed by atoms with Crippen LogP contribution in [0.2, 0.25) is 10.0 Å². The second kappa shape index (κ2) is 9.29. The molecule has 0 aromatic heterocycles. The Balaban J connectivity index is 2.55. The second-order valence-electron chi connectivity index (χ2n) is 5.40. The van der Waals surface area contributed by atoms with Gasteiger partial charge >= 0.3 is 0 Å². The van der Waals surface area contributed by atoms with Crippen molar-refractivity contribution in [3.8, 4) is 0 Å². The van der Waals surface area contributed by atoms with Gasteiger partial charge in [-0.3, -0.25) is 4.79 Å². The third kappa shape index (κ3) is 6.25. The lowest BCUT2D eigenvalue weighted by molar-refractivity contribution is -0.116. The molecule has 1 amide bonds. The van der Waals surface area contributed by atoms with Crippen LogP contribution in [0.5, 0.6) is 0 Å². The summed E-state index contributed by atoms with van der Waals surface area (Å²) in [4.78, 5) is 12.0. The highest BCUT2D eigenvalue weighted by Gasteiger charge is 2.12. The lowest BCUT2D eigenvalue weighted by atomic mass is 9.94. The number of carbonyl (C=O) groups is 1. The summed E-state index contributed by atoms with van der Waals surface area (Å²) in [5.41, 5.74) is 7.07. The molecule has 0 saturated heterocycles. The topological polar surface area (TPSA) is 55.1 Å². The quantitative estimate of drug-likeness (QED) is 0.720. The first-order chi connectivity index (χ1) is 9.97. The van der Waals surface area contributed by atoms with E-state index in [0.29, 0.717) is 34.6 Å². The Morgan fingerprint density at radius 3 is 2.57 bits per heavy atom. The van der Waals surface area contributed by atoms with Crippen LogP contribution in [-0.4, -0.2) is 12.5 Å². The summed E-state index contributed by atoms with van der Waals surface area (Å²) in [7, 11) is 0. The van der Waals surface area contributed by atoms with Gasteiger partial charge in [0, 0.05) is 11.4 Å². The summed E-state index contributed by atoms with van der Waals surface area (Å²) in [6.07, 6.45) is 4.53. The first kappa shape index (κ1) is 18.3. The number of amides is 1. The summed E-state index contributed by atoms with van der Waals surface area (Å²) in [6, 6.07) is 3.45. The molecule has 1 unspecified atom stereocenters. The first-order valence-electron chi connectivity index (χ1n) is 7.43. The molecule has 3 N–H and O–H groups in total. The van der Waals surface area contributed by atoms with Gasteiger partial charge in [0.1, 0.15) is 0 Å². The minimum atomic E-state index is -0.0325. The molecule has 0 heterocycles. The van der Waals surface area contributed by atoms with E-state index in [0.717, 1.165) is 31.2 Å². The average Bonchev–Trinajstić information content (AvgIpc) is 2.42. The zero-order chi connectivity index (χ0) is 15.8. The van der Waals surface area contributed by atoms with Crippen molar-refractivity contribution in [2.75, 3.05) is 11.9 Å². The van der Waals surface area contributed by atoms with E-state index < -0.39 is 0 Å². The molecule has 0 aliphatic carbocycles. The highest BCUT2D eigenvalue weighted by Crippen LogP contribution is 2.29. The molecule has 1 aromatic rings. The van der Waals surface area contributed by atoms with Crippen molar-refractivity contribution in [3.63, 3.8) is 0 Å². The molecule has 3 nitrogen and oxygen atoms in total. The van der Waals surface area contributed by atoms with E-state index in [-0.39, 0.29) is 5.91 Å². The molecule has 1 rings (SSSR count). The maximum Gasteiger partial charge on any atom is 0.224 e. The molecule has 0 saturated carbocycles. The highest BCUT2D eigenvalue weighted by atomic mass is 35.5. The number of hydrogen-bond acceptors (Lipinski definition) is 2. The molecule has 0 aliphatic rings. The zero-order valence-corrected chi connectivity index (χ0v) is 14.2. The number of carbonyl (C=O) groups excluding carboxylic acids is 1. The van der Waals surface area contributed by atoms with Crippen molar-refractivity contribution in [1.29, 1.82) is 0 Å². The Kier molecular flexibility index (Phi) is 8.09. The van der Waals surface area contributed by atoms with Crippen LogP contribution in [0.15, 0.2) is 12.1 Å². The fourth-order valence-corrected chi connectivity index (χ4v) is 2.80. The average molecular weight is 331 g/mol. The van der Waals surface area contributed by atoms with Gasteiger partial charge in [0.15, 0.2) is 0 Å². The Bertz CT molecular complexity index is 472. The number of halogens is 2. The predicted molar refractivity (Wildman–Crippen MR) is 91.1 cm³/mol. The van der Waals surface area contributed by atoms with E-state index in [1.807, 2.05) is 6.92 Å². The van der Waals surface area contributed by atoms with Crippen LogP contribution in [0, 0.1) is 12.8 Å². The first-order valence-corrected chi connectivity index (χ1v) is 8.19. The van der Waals surface area contributed by atoms with Gasteiger partial charge in [-0.25, -0.2) is 0 Å². The Labute approximate surface area is 137 Å². The fraction of sp³-hybridized carbons (Fsp3) is 0.562. The zero-order valence-electron chi connectivity index (χ0n) is 12.7. The van der Waals surface area contributed by atoms with Crippen LogP contribution in [0.3, 0.4) is 0 Å². The normalized spacial score (nSPS) is 12.2. The fourth-order valence-electron chi connectivity index (χ4n) is 2.37. The van der Waals surface area contributed by atoms with Crippen molar-refractivity contribution in [2.24, 2.45) is 11.7 Å². The van der Waals surface area contributed by atoms with E-state index in [2.05, 4.69) is 12.2 Å². The molecule has 5 heteroatoms. The van der Waals surface area contributed by atoms with Crippen LogP contribution in [0.25, 0.3) is 0 Å². The SMILES string of the molecule is CCCC(CCN)CCC(=O)Nc1cc(Cl)c(C)cc1Cl. The maximum atomic E-state index is 12.0. The maximum absolute atomic E-state index is 12.0. The van der Waals surface area contributed by atoms with Gasteiger partial charge in [-0.2, -0.15) is 0 Å². The summed E-state index contributed by atoms with van der Waals surface area (Å²) in [5.74, 6) is 0.484. The Hall–Kier alpha value is -0.770. The van der Waals surface area contributed by atoms with Crippen LogP contribution < -0.4 is 11.1 Å². The smallest absolute Gasteiger partial charge is 0.224 e. The van der Waals surface area contributed by atoms with E-state index in [9.17, 15) is 4.79 Å². The molecule has 1 aromatic carbocycles. The van der Waals surface area contributed by atoms with Gasteiger partial charge in [-0.15, -0.1) is 0 Å². The van der Waals surface area contributed by atoms with Crippen molar-refractivity contribution in [3.05, 3.63) is 27.7 Å². The van der Waals surface area contributed by atoms with Gasteiger partial charge in [0.05, 0.1) is 10.7 Å². The predicted octanol–water partition coefficient (Wildman–Crippen LogP) is 4.79. The Morgan fingerprint density at radius 1 is 1.24 bits per heavy atom. The summed E-state index contributed by atoms with van der Waals surface area (Å²) >= 11 is 12.2. The van der Waals surface area contributed by atoms with E-state index in [4.69, 9.17) is 28.9 Å². The number of anilines is 1. The van der Waals surface area contributed by atoms with E-state index in [1.54, 1.807) is 12.1 Å². The Morgan fingerprint density at radius 2 is 1.95 bits per heavy atom. The number of nitrogens with two attached hydrogens (primary N) is 1. The largest absolute Gasteiger partial charge is 0.330 e. The summed E-state index contributed by atoms with van der Waals surface area (Å²) in [5, 5.41) is 3.94. The number of hydrogen-bond donors (Lipinski definition) is 2. The van der Waals surface area contributed by atoms with Gasteiger partial charge in [-0.1, -0.05) is 43.0 Å². The molecule has 0 bridgehead atoms. The van der Waals surface area contributed by atoms with E-state index in [1.165, 1.54) is 0 Å². The molecule has 0 radical (unpaired) electrons. The molecular weight excluding hydrogens is 307 g/mol. The van der Waals surface area contributed by atoms with E-state index >= 15 is 0 Å². The number of rotatable bonds is 8. The molecule has 118 valence electrons. The van der Waals surface area contributed by atoms with Gasteiger partial charge in [-0.05, 0) is 49.9 Å². The lowest BCUT2D eigenvalue weighted by Gasteiger charge is -2.15. The molecule has 0 aliphatic heterocycles. The van der Waals surface area contributed by atoms with Gasteiger partial charge in [0.2, 0.25) is 5.91 Å². The lowest BCUT2D eigenvalue weighted by Crippen LogP contribution is -2.15. The van der Waals surface area contributed by atoms with Crippen LogP contribution in [-0.2, 0) is 4.79 Å². The van der Waals surface area contributed by atoms with Crippen LogP contribution in [0.4, 0.5) is 5.69 Å². The molecule has 21 heavy (non-hydrogen) atoms. The highest BCUT2D eigenvalue weighted by molar-refractivity contribution is 6.36. The second-order valence-corrected chi connectivity index (χ2v) is 6.21. The third-order valence-corrected chi connectivity index (χ3v) is 4.29. The molecule has 0 fully saturated rings. The monoisotopic (exact) mass is 330 g/mol. The van der Waals surface area contributed by atoms with Crippen LogP contribution >= 0.6 is 23.2 Å². The van der Waals surface area contributed by atoms with Crippen LogP contribution in [0.1, 0.15) is 44.6 Å². The standard InChI is InChI=1S/C16H24Cl2N2O/c1-3-4-12(7-8-19)5-6-16(21)20-15-10-13(17)11(2)9-14(15)18/h9-10,12H,3-8,19H2,1-2H3,(H,20,21). The molecule has 0 spiro atoms. The van der Waals surface area contributed by atoms with Gasteiger partial charge in [0.25, 0.3) is 0 Å². The van der Waals surface area contributed by atoms with Crippen molar-refractivity contribution < 1.29 is 4.79 Å². The van der Waals surface area contributed by atoms with Gasteiger partial charge < -0.3 is 11.1 Å². The number of aryl methyl sites for hydroxylation is 1. The van der Waals surface area contributed by atoms with Crippen molar-refractivity contribution in [1.82, 2.24) is 0 Å². The number of nitrogens with one attached hydrogen (secondary N) is 1. The summed E-state index contributed by atoms with van der Waals surface area (Å²) in [6.45, 7) is 4.70. The minimum Gasteiger partial charge on any atom is -0.330 e. The molecule has 1 atom stereocenters. The third-order valence-electron chi connectivity index (χ3n) is 3.57. The minimum absolute atomic E-state index is 0.0325. The molecular formula is C16H24Cl2N2O. The van der Waals surface area contributed by atoms with Crippen molar-refractivity contribution in [2.45, 2.75) is 46.0 Å².